The molecule has 2 unspecified atom stereocenters. The summed E-state index contributed by atoms with van der Waals surface area (Å²) in [6.45, 7) is 6.79. The summed E-state index contributed by atoms with van der Waals surface area (Å²) >= 11 is 0. The summed E-state index contributed by atoms with van der Waals surface area (Å²) in [5.74, 6) is 0.811. The van der Waals surface area contributed by atoms with Gasteiger partial charge in [-0.15, -0.1) is 0 Å². The third kappa shape index (κ3) is 4.39. The molecule has 16 heavy (non-hydrogen) atoms. The standard InChI is InChI=1S/C12H24N2O2/c1-12(2,3)14-11(16)13-7-9-5-4-6-10(9)8-15/h9-10,15H,4-8H2,1-3H3,(H2,13,14,16). The van der Waals surface area contributed by atoms with Crippen LogP contribution in [0.15, 0.2) is 0 Å². The van der Waals surface area contributed by atoms with E-state index in [1.165, 1.54) is 6.42 Å². The van der Waals surface area contributed by atoms with Crippen LogP contribution in [-0.4, -0.2) is 29.8 Å². The molecule has 1 aliphatic carbocycles. The van der Waals surface area contributed by atoms with Crippen LogP contribution >= 0.6 is 0 Å². The minimum atomic E-state index is -0.198. The van der Waals surface area contributed by atoms with Gasteiger partial charge in [-0.1, -0.05) is 6.42 Å². The van der Waals surface area contributed by atoms with E-state index in [0.29, 0.717) is 18.4 Å². The average Bonchev–Trinajstić information content (AvgIpc) is 2.59. The lowest BCUT2D eigenvalue weighted by Gasteiger charge is -2.23. The van der Waals surface area contributed by atoms with E-state index in [4.69, 9.17) is 5.11 Å². The van der Waals surface area contributed by atoms with Crippen LogP contribution in [0.1, 0.15) is 40.0 Å². The number of rotatable bonds is 3. The number of nitrogens with one attached hydrogen (secondary N) is 2. The van der Waals surface area contributed by atoms with E-state index >= 15 is 0 Å². The van der Waals surface area contributed by atoms with Gasteiger partial charge in [-0.3, -0.25) is 0 Å². The second-order valence-electron chi connectivity index (χ2n) is 5.72. The van der Waals surface area contributed by atoms with E-state index in [0.717, 1.165) is 12.8 Å². The van der Waals surface area contributed by atoms with Crippen LogP contribution in [0.4, 0.5) is 4.79 Å². The highest BCUT2D eigenvalue weighted by atomic mass is 16.3. The summed E-state index contributed by atoms with van der Waals surface area (Å²) in [7, 11) is 0. The molecule has 4 heteroatoms. The number of aliphatic hydroxyl groups is 1. The highest BCUT2D eigenvalue weighted by molar-refractivity contribution is 5.74. The summed E-state index contributed by atoms with van der Waals surface area (Å²) in [5, 5.41) is 14.9. The van der Waals surface area contributed by atoms with Crippen LogP contribution < -0.4 is 10.6 Å². The van der Waals surface area contributed by atoms with Crippen LogP contribution in [-0.2, 0) is 0 Å². The van der Waals surface area contributed by atoms with Gasteiger partial charge in [0.2, 0.25) is 0 Å². The van der Waals surface area contributed by atoms with Crippen molar-refractivity contribution in [2.75, 3.05) is 13.2 Å². The second-order valence-corrected chi connectivity index (χ2v) is 5.72. The molecule has 0 heterocycles. The van der Waals surface area contributed by atoms with Gasteiger partial charge in [0.1, 0.15) is 0 Å². The molecular weight excluding hydrogens is 204 g/mol. The molecule has 0 aromatic heterocycles. The van der Waals surface area contributed by atoms with Gasteiger partial charge >= 0.3 is 6.03 Å². The maximum absolute atomic E-state index is 11.5. The minimum absolute atomic E-state index is 0.115. The zero-order chi connectivity index (χ0) is 12.2. The molecule has 2 atom stereocenters. The lowest BCUT2D eigenvalue weighted by Crippen LogP contribution is -2.47. The molecule has 0 saturated heterocycles. The monoisotopic (exact) mass is 228 g/mol. The van der Waals surface area contributed by atoms with Crippen LogP contribution in [0.25, 0.3) is 0 Å². The Morgan fingerprint density at radius 2 is 1.94 bits per heavy atom. The molecule has 0 spiro atoms. The van der Waals surface area contributed by atoms with E-state index in [2.05, 4.69) is 10.6 Å². The first kappa shape index (κ1) is 13.3. The Morgan fingerprint density at radius 1 is 1.31 bits per heavy atom. The van der Waals surface area contributed by atoms with Crippen LogP contribution in [0.2, 0.25) is 0 Å². The molecule has 0 aromatic rings. The maximum atomic E-state index is 11.5. The SMILES string of the molecule is CC(C)(C)NC(=O)NCC1CCCC1CO. The molecule has 1 saturated carbocycles. The van der Waals surface area contributed by atoms with Crippen molar-refractivity contribution in [1.29, 1.82) is 0 Å². The smallest absolute Gasteiger partial charge is 0.315 e. The van der Waals surface area contributed by atoms with Gasteiger partial charge < -0.3 is 15.7 Å². The number of carbonyl (C=O) groups is 1. The van der Waals surface area contributed by atoms with E-state index in [1.54, 1.807) is 0 Å². The fourth-order valence-electron chi connectivity index (χ4n) is 2.23. The highest BCUT2D eigenvalue weighted by Crippen LogP contribution is 2.30. The molecule has 1 rings (SSSR count). The summed E-state index contributed by atoms with van der Waals surface area (Å²) < 4.78 is 0. The summed E-state index contributed by atoms with van der Waals surface area (Å²) in [5.41, 5.74) is -0.198. The number of aliphatic hydroxyl groups excluding tert-OH is 1. The summed E-state index contributed by atoms with van der Waals surface area (Å²) in [4.78, 5) is 11.5. The molecular formula is C12H24N2O2. The van der Waals surface area contributed by atoms with Crippen molar-refractivity contribution in [3.63, 3.8) is 0 Å². The number of hydrogen-bond donors (Lipinski definition) is 3. The third-order valence-electron chi connectivity index (χ3n) is 3.06. The predicted octanol–water partition coefficient (Wildman–Crippen LogP) is 1.49. The lowest BCUT2D eigenvalue weighted by atomic mass is 9.97. The van der Waals surface area contributed by atoms with Gasteiger partial charge in [0.15, 0.2) is 0 Å². The van der Waals surface area contributed by atoms with Crippen molar-refractivity contribution in [2.24, 2.45) is 11.8 Å². The van der Waals surface area contributed by atoms with Gasteiger partial charge in [-0.25, -0.2) is 4.79 Å². The fraction of sp³-hybridized carbons (Fsp3) is 0.917. The molecule has 3 N–H and O–H groups in total. The average molecular weight is 228 g/mol. The van der Waals surface area contributed by atoms with Crippen molar-refractivity contribution in [3.05, 3.63) is 0 Å². The first-order chi connectivity index (χ1) is 7.42. The first-order valence-corrected chi connectivity index (χ1v) is 6.09. The van der Waals surface area contributed by atoms with Crippen molar-refractivity contribution < 1.29 is 9.90 Å². The van der Waals surface area contributed by atoms with Gasteiger partial charge in [-0.05, 0) is 45.4 Å². The lowest BCUT2D eigenvalue weighted by molar-refractivity contribution is 0.189. The summed E-state index contributed by atoms with van der Waals surface area (Å²) in [6, 6.07) is -0.115. The molecule has 0 radical (unpaired) electrons. The Balaban J connectivity index is 2.26. The molecule has 1 aliphatic rings. The highest BCUT2D eigenvalue weighted by Gasteiger charge is 2.27. The first-order valence-electron chi connectivity index (χ1n) is 6.09. The predicted molar refractivity (Wildman–Crippen MR) is 64.2 cm³/mol. The van der Waals surface area contributed by atoms with Crippen LogP contribution in [0.3, 0.4) is 0 Å². The number of hydrogen-bond acceptors (Lipinski definition) is 2. The molecule has 0 bridgehead atoms. The maximum Gasteiger partial charge on any atom is 0.315 e. The van der Waals surface area contributed by atoms with Crippen LogP contribution in [0, 0.1) is 11.8 Å². The Kier molecular flexibility index (Phi) is 4.59. The van der Waals surface area contributed by atoms with Crippen molar-refractivity contribution >= 4 is 6.03 Å². The zero-order valence-electron chi connectivity index (χ0n) is 10.5. The Labute approximate surface area is 97.8 Å². The molecule has 4 nitrogen and oxygen atoms in total. The van der Waals surface area contributed by atoms with Crippen molar-refractivity contribution in [3.8, 4) is 0 Å². The quantitative estimate of drug-likeness (QED) is 0.685. The van der Waals surface area contributed by atoms with Gasteiger partial charge in [0, 0.05) is 18.7 Å². The van der Waals surface area contributed by atoms with E-state index < -0.39 is 0 Å². The zero-order valence-corrected chi connectivity index (χ0v) is 10.5. The second kappa shape index (κ2) is 5.53. The molecule has 0 aliphatic heterocycles. The molecule has 1 fully saturated rings. The summed E-state index contributed by atoms with van der Waals surface area (Å²) in [6.07, 6.45) is 3.36. The van der Waals surface area contributed by atoms with Crippen molar-refractivity contribution in [2.45, 2.75) is 45.6 Å². The number of amides is 2. The molecule has 0 aromatic carbocycles. The molecule has 94 valence electrons. The fourth-order valence-corrected chi connectivity index (χ4v) is 2.23. The Morgan fingerprint density at radius 3 is 2.50 bits per heavy atom. The van der Waals surface area contributed by atoms with Gasteiger partial charge in [-0.2, -0.15) is 0 Å². The van der Waals surface area contributed by atoms with Gasteiger partial charge in [0.25, 0.3) is 0 Å². The number of urea groups is 1. The Hall–Kier alpha value is -0.770. The minimum Gasteiger partial charge on any atom is -0.396 e. The van der Waals surface area contributed by atoms with E-state index in [-0.39, 0.29) is 18.2 Å². The van der Waals surface area contributed by atoms with Gasteiger partial charge in [0.05, 0.1) is 0 Å². The van der Waals surface area contributed by atoms with Crippen molar-refractivity contribution in [1.82, 2.24) is 10.6 Å². The largest absolute Gasteiger partial charge is 0.396 e. The van der Waals surface area contributed by atoms with E-state index in [9.17, 15) is 4.79 Å². The third-order valence-corrected chi connectivity index (χ3v) is 3.06. The van der Waals surface area contributed by atoms with E-state index in [1.807, 2.05) is 20.8 Å². The normalized spacial score (nSPS) is 25.5. The number of carbonyl (C=O) groups excluding carboxylic acids is 1. The Bertz CT molecular complexity index is 236. The van der Waals surface area contributed by atoms with Crippen LogP contribution in [0.5, 0.6) is 0 Å². The molecule has 2 amide bonds. The topological polar surface area (TPSA) is 61.4 Å².